The Morgan fingerprint density at radius 2 is 1.62 bits per heavy atom. The van der Waals surface area contributed by atoms with Gasteiger partial charge in [0.05, 0.1) is 0 Å². The van der Waals surface area contributed by atoms with Crippen molar-refractivity contribution in [3.8, 4) is 11.5 Å². The molecule has 0 aromatic heterocycles. The first-order valence-electron chi connectivity index (χ1n) is 7.22. The molecule has 0 saturated heterocycles. The van der Waals surface area contributed by atoms with E-state index in [1.807, 2.05) is 31.2 Å². The van der Waals surface area contributed by atoms with Crippen LogP contribution in [0.3, 0.4) is 0 Å². The van der Waals surface area contributed by atoms with E-state index in [2.05, 4.69) is 38.2 Å². The molecular weight excluding hydrogens is 282 g/mol. The number of aryl methyl sites for hydroxylation is 2. The molecule has 0 heterocycles. The summed E-state index contributed by atoms with van der Waals surface area (Å²) in [5.41, 5.74) is 3.54. The van der Waals surface area contributed by atoms with Crippen LogP contribution >= 0.6 is 11.6 Å². The van der Waals surface area contributed by atoms with Gasteiger partial charge in [0.1, 0.15) is 11.5 Å². The molecular formula is C18H22ClNO. The zero-order valence-electron chi connectivity index (χ0n) is 13.0. The van der Waals surface area contributed by atoms with Crippen LogP contribution in [0.1, 0.15) is 30.5 Å². The quantitative estimate of drug-likeness (QED) is 0.815. The van der Waals surface area contributed by atoms with E-state index in [1.54, 1.807) is 0 Å². The van der Waals surface area contributed by atoms with E-state index in [9.17, 15) is 0 Å². The topological polar surface area (TPSA) is 21.3 Å². The van der Waals surface area contributed by atoms with Crippen molar-refractivity contribution in [3.05, 3.63) is 58.1 Å². The minimum Gasteiger partial charge on any atom is -0.457 e. The average Bonchev–Trinajstić information content (AvgIpc) is 2.42. The van der Waals surface area contributed by atoms with Crippen molar-refractivity contribution in [1.29, 1.82) is 0 Å². The second-order valence-corrected chi connectivity index (χ2v) is 6.04. The molecule has 2 aromatic rings. The van der Waals surface area contributed by atoms with E-state index in [0.29, 0.717) is 6.04 Å². The maximum Gasteiger partial charge on any atom is 0.127 e. The molecule has 2 aromatic carbocycles. The number of hydrogen-bond donors (Lipinski definition) is 1. The van der Waals surface area contributed by atoms with Crippen molar-refractivity contribution >= 4 is 11.6 Å². The highest BCUT2D eigenvalue weighted by molar-refractivity contribution is 6.31. The summed E-state index contributed by atoms with van der Waals surface area (Å²) in [6.45, 7) is 9.26. The number of halogens is 1. The summed E-state index contributed by atoms with van der Waals surface area (Å²) in [6.07, 6.45) is 0. The van der Waals surface area contributed by atoms with Gasteiger partial charge in [0, 0.05) is 17.6 Å². The first-order valence-corrected chi connectivity index (χ1v) is 7.60. The fourth-order valence-corrected chi connectivity index (χ4v) is 2.18. The van der Waals surface area contributed by atoms with Crippen LogP contribution in [-0.4, -0.2) is 6.04 Å². The number of benzene rings is 2. The second-order valence-electron chi connectivity index (χ2n) is 5.64. The Kier molecular flexibility index (Phi) is 5.27. The van der Waals surface area contributed by atoms with Crippen LogP contribution < -0.4 is 10.1 Å². The van der Waals surface area contributed by atoms with Gasteiger partial charge in [-0.1, -0.05) is 31.5 Å². The van der Waals surface area contributed by atoms with Gasteiger partial charge in [0.2, 0.25) is 0 Å². The summed E-state index contributed by atoms with van der Waals surface area (Å²) in [7, 11) is 0. The Bertz CT molecular complexity index is 623. The molecule has 0 aliphatic heterocycles. The van der Waals surface area contributed by atoms with Crippen molar-refractivity contribution in [2.75, 3.05) is 0 Å². The number of hydrogen-bond acceptors (Lipinski definition) is 2. The molecule has 2 nitrogen and oxygen atoms in total. The molecule has 0 bridgehead atoms. The van der Waals surface area contributed by atoms with Gasteiger partial charge in [-0.2, -0.15) is 0 Å². The average molecular weight is 304 g/mol. The Hall–Kier alpha value is -1.51. The second kappa shape index (κ2) is 6.97. The van der Waals surface area contributed by atoms with Gasteiger partial charge >= 0.3 is 0 Å². The molecule has 0 saturated carbocycles. The number of nitrogens with one attached hydrogen (secondary N) is 1. The van der Waals surface area contributed by atoms with Crippen molar-refractivity contribution in [2.24, 2.45) is 0 Å². The lowest BCUT2D eigenvalue weighted by molar-refractivity contribution is 0.481. The molecule has 1 N–H and O–H groups in total. The van der Waals surface area contributed by atoms with Gasteiger partial charge in [0.15, 0.2) is 0 Å². The van der Waals surface area contributed by atoms with Crippen molar-refractivity contribution < 1.29 is 4.74 Å². The van der Waals surface area contributed by atoms with E-state index in [0.717, 1.165) is 28.6 Å². The predicted molar refractivity (Wildman–Crippen MR) is 89.4 cm³/mol. The van der Waals surface area contributed by atoms with Crippen molar-refractivity contribution in [3.63, 3.8) is 0 Å². The Balaban J connectivity index is 2.10. The van der Waals surface area contributed by atoms with Crippen LogP contribution in [0, 0.1) is 13.8 Å². The number of rotatable bonds is 5. The highest BCUT2D eigenvalue weighted by Crippen LogP contribution is 2.27. The van der Waals surface area contributed by atoms with E-state index >= 15 is 0 Å². The molecule has 3 heteroatoms. The van der Waals surface area contributed by atoms with Crippen LogP contribution in [-0.2, 0) is 6.54 Å². The third-order valence-electron chi connectivity index (χ3n) is 3.38. The maximum absolute atomic E-state index is 6.03. The van der Waals surface area contributed by atoms with Gasteiger partial charge in [0.25, 0.3) is 0 Å². The largest absolute Gasteiger partial charge is 0.457 e. The molecule has 0 unspecified atom stereocenters. The lowest BCUT2D eigenvalue weighted by atomic mass is 10.1. The Morgan fingerprint density at radius 3 is 2.19 bits per heavy atom. The molecule has 0 aliphatic rings. The Morgan fingerprint density at radius 1 is 1.00 bits per heavy atom. The molecule has 21 heavy (non-hydrogen) atoms. The lowest BCUT2D eigenvalue weighted by Crippen LogP contribution is -2.22. The van der Waals surface area contributed by atoms with Gasteiger partial charge in [-0.3, -0.25) is 0 Å². The summed E-state index contributed by atoms with van der Waals surface area (Å²) in [4.78, 5) is 0. The van der Waals surface area contributed by atoms with Gasteiger partial charge < -0.3 is 10.1 Å². The zero-order chi connectivity index (χ0) is 15.4. The first kappa shape index (κ1) is 15.9. The lowest BCUT2D eigenvalue weighted by Gasteiger charge is -2.13. The molecule has 0 atom stereocenters. The summed E-state index contributed by atoms with van der Waals surface area (Å²) >= 11 is 6.03. The van der Waals surface area contributed by atoms with Crippen molar-refractivity contribution in [1.82, 2.24) is 5.32 Å². The summed E-state index contributed by atoms with van der Waals surface area (Å²) in [5.74, 6) is 1.66. The minimum absolute atomic E-state index is 0.484. The third-order valence-corrected chi connectivity index (χ3v) is 3.80. The van der Waals surface area contributed by atoms with Crippen molar-refractivity contribution in [2.45, 2.75) is 40.3 Å². The monoisotopic (exact) mass is 303 g/mol. The minimum atomic E-state index is 0.484. The molecule has 0 fully saturated rings. The van der Waals surface area contributed by atoms with E-state index < -0.39 is 0 Å². The molecule has 112 valence electrons. The van der Waals surface area contributed by atoms with Crippen LogP contribution in [0.4, 0.5) is 0 Å². The van der Waals surface area contributed by atoms with E-state index in [-0.39, 0.29) is 0 Å². The maximum atomic E-state index is 6.03. The van der Waals surface area contributed by atoms with Crippen LogP contribution in [0.2, 0.25) is 5.02 Å². The summed E-state index contributed by atoms with van der Waals surface area (Å²) < 4.78 is 5.90. The summed E-state index contributed by atoms with van der Waals surface area (Å²) in [6, 6.07) is 12.4. The molecule has 0 amide bonds. The van der Waals surface area contributed by atoms with Crippen LogP contribution in [0.15, 0.2) is 36.4 Å². The SMILES string of the molecule is Cc1cc(Oc2ccc(CNC(C)C)c(C)c2)ccc1Cl. The predicted octanol–water partition coefficient (Wildman–Crippen LogP) is 5.25. The molecule has 0 spiro atoms. The van der Waals surface area contributed by atoms with Gasteiger partial charge in [-0.15, -0.1) is 0 Å². The standard InChI is InChI=1S/C18H22ClNO/c1-12(2)20-11-15-5-6-16(9-13(15)3)21-17-7-8-18(19)14(4)10-17/h5-10,12,20H,11H2,1-4H3. The Labute approximate surface area is 132 Å². The van der Waals surface area contributed by atoms with Gasteiger partial charge in [-0.05, 0) is 60.9 Å². The van der Waals surface area contributed by atoms with Crippen LogP contribution in [0.5, 0.6) is 11.5 Å². The smallest absolute Gasteiger partial charge is 0.127 e. The van der Waals surface area contributed by atoms with Crippen LogP contribution in [0.25, 0.3) is 0 Å². The van der Waals surface area contributed by atoms with E-state index in [1.165, 1.54) is 11.1 Å². The summed E-state index contributed by atoms with van der Waals surface area (Å²) in [5, 5.41) is 4.19. The molecule has 0 aliphatic carbocycles. The van der Waals surface area contributed by atoms with E-state index in [4.69, 9.17) is 16.3 Å². The first-order chi connectivity index (χ1) is 9.95. The zero-order valence-corrected chi connectivity index (χ0v) is 13.8. The normalized spacial score (nSPS) is 11.0. The van der Waals surface area contributed by atoms with Gasteiger partial charge in [-0.25, -0.2) is 0 Å². The highest BCUT2D eigenvalue weighted by atomic mass is 35.5. The third kappa shape index (κ3) is 4.48. The fraction of sp³-hybridized carbons (Fsp3) is 0.333. The number of ether oxygens (including phenoxy) is 1. The highest BCUT2D eigenvalue weighted by Gasteiger charge is 2.04. The molecule has 0 radical (unpaired) electrons. The molecule has 2 rings (SSSR count). The fourth-order valence-electron chi connectivity index (χ4n) is 2.06.